The molecular formula is C38H31N. The highest BCUT2D eigenvalue weighted by Gasteiger charge is 2.46. The van der Waals surface area contributed by atoms with E-state index >= 15 is 0 Å². The van der Waals surface area contributed by atoms with Crippen LogP contribution in [0.25, 0.3) is 22.3 Å². The molecule has 1 N–H and O–H groups in total. The van der Waals surface area contributed by atoms with Crippen LogP contribution in [-0.2, 0) is 5.41 Å². The highest BCUT2D eigenvalue weighted by molar-refractivity contribution is 5.94. The minimum absolute atomic E-state index is 0.395. The average molecular weight is 502 g/mol. The Bertz CT molecular complexity index is 1670. The van der Waals surface area contributed by atoms with Gasteiger partial charge in [-0.15, -0.1) is 0 Å². The van der Waals surface area contributed by atoms with Crippen molar-refractivity contribution in [2.75, 3.05) is 5.32 Å². The molecule has 5 aromatic rings. The lowest BCUT2D eigenvalue weighted by atomic mass is 9.67. The maximum atomic E-state index is 3.85. The molecule has 1 nitrogen and oxygen atoms in total. The Hall–Kier alpha value is -4.88. The maximum absolute atomic E-state index is 3.85. The molecule has 0 radical (unpaired) electrons. The summed E-state index contributed by atoms with van der Waals surface area (Å²) < 4.78 is 0. The van der Waals surface area contributed by atoms with Gasteiger partial charge >= 0.3 is 0 Å². The van der Waals surface area contributed by atoms with Crippen LogP contribution in [0.1, 0.15) is 23.6 Å². The zero-order valence-corrected chi connectivity index (χ0v) is 22.1. The fourth-order valence-electron chi connectivity index (χ4n) is 6.02. The zero-order chi connectivity index (χ0) is 26.7. The third-order valence-corrected chi connectivity index (χ3v) is 7.73. The third-order valence-electron chi connectivity index (χ3n) is 7.73. The predicted octanol–water partition coefficient (Wildman–Crippen LogP) is 10.1. The molecule has 0 saturated carbocycles. The highest BCUT2D eigenvalue weighted by Crippen LogP contribution is 2.58. The van der Waals surface area contributed by atoms with Crippen molar-refractivity contribution in [1.29, 1.82) is 0 Å². The van der Waals surface area contributed by atoms with Crippen LogP contribution < -0.4 is 5.32 Å². The van der Waals surface area contributed by atoms with Gasteiger partial charge < -0.3 is 5.32 Å². The van der Waals surface area contributed by atoms with E-state index in [4.69, 9.17) is 0 Å². The van der Waals surface area contributed by atoms with E-state index in [0.717, 1.165) is 11.4 Å². The first-order valence-corrected chi connectivity index (χ1v) is 13.4. The molecule has 39 heavy (non-hydrogen) atoms. The van der Waals surface area contributed by atoms with Gasteiger partial charge in [0.2, 0.25) is 0 Å². The van der Waals surface area contributed by atoms with Crippen LogP contribution >= 0.6 is 0 Å². The number of nitrogens with one attached hydrogen (secondary N) is 1. The van der Waals surface area contributed by atoms with E-state index in [0.29, 0.717) is 0 Å². The second-order valence-corrected chi connectivity index (χ2v) is 9.93. The summed E-state index contributed by atoms with van der Waals surface area (Å²) in [4.78, 5) is 0. The van der Waals surface area contributed by atoms with E-state index in [-0.39, 0.29) is 0 Å². The SMILES string of the molecule is C=C/C=C\C=C(/C)C1(c2ccccc2)c2ccccc2-c2c(Nc3ccc(-c4ccccc4)cc3)cccc21. The Kier molecular flexibility index (Phi) is 6.57. The minimum Gasteiger partial charge on any atom is -0.355 e. The van der Waals surface area contributed by atoms with Crippen molar-refractivity contribution >= 4 is 11.4 Å². The van der Waals surface area contributed by atoms with Crippen molar-refractivity contribution < 1.29 is 0 Å². The van der Waals surface area contributed by atoms with Gasteiger partial charge in [0, 0.05) is 16.9 Å². The fourth-order valence-corrected chi connectivity index (χ4v) is 6.02. The molecule has 6 rings (SSSR count). The van der Waals surface area contributed by atoms with Crippen molar-refractivity contribution in [3.8, 4) is 22.3 Å². The Morgan fingerprint density at radius 3 is 2.03 bits per heavy atom. The van der Waals surface area contributed by atoms with Gasteiger partial charge in [0.15, 0.2) is 0 Å². The van der Waals surface area contributed by atoms with Crippen molar-refractivity contribution in [2.24, 2.45) is 0 Å². The van der Waals surface area contributed by atoms with E-state index in [1.165, 1.54) is 44.5 Å². The van der Waals surface area contributed by atoms with Gasteiger partial charge in [0.25, 0.3) is 0 Å². The Morgan fingerprint density at radius 1 is 0.641 bits per heavy atom. The fraction of sp³-hybridized carbons (Fsp3) is 0.0526. The summed E-state index contributed by atoms with van der Waals surface area (Å²) in [5.74, 6) is 0. The lowest BCUT2D eigenvalue weighted by Crippen LogP contribution is -2.28. The molecule has 1 aliphatic rings. The molecule has 0 bridgehead atoms. The quantitative estimate of drug-likeness (QED) is 0.219. The van der Waals surface area contributed by atoms with Crippen LogP contribution in [0, 0.1) is 0 Å². The van der Waals surface area contributed by atoms with Crippen molar-refractivity contribution in [1.82, 2.24) is 0 Å². The summed E-state index contributed by atoms with van der Waals surface area (Å²) in [7, 11) is 0. The molecule has 0 amide bonds. The van der Waals surface area contributed by atoms with Gasteiger partial charge in [-0.25, -0.2) is 0 Å². The first-order valence-electron chi connectivity index (χ1n) is 13.4. The van der Waals surface area contributed by atoms with Gasteiger partial charge in [0.1, 0.15) is 0 Å². The van der Waals surface area contributed by atoms with Crippen molar-refractivity contribution in [3.63, 3.8) is 0 Å². The lowest BCUT2D eigenvalue weighted by molar-refractivity contribution is 0.746. The summed E-state index contributed by atoms with van der Waals surface area (Å²) in [6.07, 6.45) is 8.12. The van der Waals surface area contributed by atoms with Crippen molar-refractivity contribution in [3.05, 3.63) is 181 Å². The molecule has 0 heterocycles. The number of allylic oxidation sites excluding steroid dienone is 5. The molecular weight excluding hydrogens is 470 g/mol. The molecule has 5 aromatic carbocycles. The number of anilines is 2. The zero-order valence-electron chi connectivity index (χ0n) is 22.1. The molecule has 0 aromatic heterocycles. The number of hydrogen-bond donors (Lipinski definition) is 1. The second kappa shape index (κ2) is 10.5. The van der Waals surface area contributed by atoms with Gasteiger partial charge in [-0.2, -0.15) is 0 Å². The topological polar surface area (TPSA) is 12.0 Å². The van der Waals surface area contributed by atoms with Crippen LogP contribution in [0.5, 0.6) is 0 Å². The molecule has 1 unspecified atom stereocenters. The molecule has 1 aliphatic carbocycles. The minimum atomic E-state index is -0.395. The van der Waals surface area contributed by atoms with Crippen LogP contribution in [-0.4, -0.2) is 0 Å². The van der Waals surface area contributed by atoms with E-state index in [1.54, 1.807) is 0 Å². The summed E-state index contributed by atoms with van der Waals surface area (Å²) in [6, 6.07) is 45.6. The number of fused-ring (bicyclic) bond motifs is 3. The Balaban J connectivity index is 1.51. The first kappa shape index (κ1) is 24.5. The van der Waals surface area contributed by atoms with Gasteiger partial charge in [-0.3, -0.25) is 0 Å². The standard InChI is InChI=1S/C38H31N/c1-3-4-7-15-28(2)38(31-18-10-6-11-19-31)34-21-13-12-20-33(34)37-35(38)22-14-23-36(37)39-32-26-24-30(25-27-32)29-16-8-5-9-17-29/h3-27,39H,1H2,2H3/b7-4-,28-15+. The van der Waals surface area contributed by atoms with Crippen molar-refractivity contribution in [2.45, 2.75) is 12.3 Å². The van der Waals surface area contributed by atoms with E-state index < -0.39 is 5.41 Å². The Morgan fingerprint density at radius 2 is 1.28 bits per heavy atom. The third kappa shape index (κ3) is 4.23. The molecule has 1 atom stereocenters. The first-order chi connectivity index (χ1) is 19.2. The van der Waals surface area contributed by atoms with E-state index in [2.05, 4.69) is 158 Å². The molecule has 0 spiro atoms. The van der Waals surface area contributed by atoms with Gasteiger partial charge in [0.05, 0.1) is 5.41 Å². The van der Waals surface area contributed by atoms with Gasteiger partial charge in [-0.05, 0) is 58.5 Å². The second-order valence-electron chi connectivity index (χ2n) is 9.93. The number of rotatable bonds is 7. The summed E-state index contributed by atoms with van der Waals surface area (Å²) in [6.45, 7) is 6.10. The van der Waals surface area contributed by atoms with Crippen LogP contribution in [0.3, 0.4) is 0 Å². The maximum Gasteiger partial charge on any atom is 0.0674 e. The number of hydrogen-bond acceptors (Lipinski definition) is 1. The normalized spacial score (nSPS) is 16.1. The van der Waals surface area contributed by atoms with E-state index in [1.807, 2.05) is 12.2 Å². The molecule has 0 fully saturated rings. The molecule has 0 aliphatic heterocycles. The van der Waals surface area contributed by atoms with Gasteiger partial charge in [-0.1, -0.05) is 146 Å². The largest absolute Gasteiger partial charge is 0.355 e. The summed E-state index contributed by atoms with van der Waals surface area (Å²) >= 11 is 0. The average Bonchev–Trinajstić information content (AvgIpc) is 3.31. The summed E-state index contributed by atoms with van der Waals surface area (Å²) in [5, 5.41) is 3.76. The highest BCUT2D eigenvalue weighted by atomic mass is 14.9. The predicted molar refractivity (Wildman–Crippen MR) is 166 cm³/mol. The smallest absolute Gasteiger partial charge is 0.0674 e. The number of benzene rings is 5. The van der Waals surface area contributed by atoms with E-state index in [9.17, 15) is 0 Å². The lowest BCUT2D eigenvalue weighted by Gasteiger charge is -2.34. The molecule has 1 heteroatoms. The van der Waals surface area contributed by atoms with Crippen LogP contribution in [0.2, 0.25) is 0 Å². The molecule has 188 valence electrons. The van der Waals surface area contributed by atoms with Crippen LogP contribution in [0.4, 0.5) is 11.4 Å². The van der Waals surface area contributed by atoms with Crippen LogP contribution in [0.15, 0.2) is 164 Å². The Labute approximate surface area is 231 Å². The molecule has 0 saturated heterocycles. The monoisotopic (exact) mass is 501 g/mol. The summed E-state index contributed by atoms with van der Waals surface area (Å²) in [5.41, 5.74) is 11.9.